The molecule has 6 nitrogen and oxygen atoms in total. The van der Waals surface area contributed by atoms with E-state index >= 15 is 0 Å². The molecule has 0 saturated heterocycles. The van der Waals surface area contributed by atoms with Crippen LogP contribution in [-0.2, 0) is 4.79 Å². The van der Waals surface area contributed by atoms with Gasteiger partial charge in [0.1, 0.15) is 12.4 Å². The summed E-state index contributed by atoms with van der Waals surface area (Å²) in [4.78, 5) is 10.6. The van der Waals surface area contributed by atoms with Gasteiger partial charge in [-0.05, 0) is 41.5 Å². The Morgan fingerprint density at radius 1 is 1.15 bits per heavy atom. The lowest BCUT2D eigenvalue weighted by atomic mass is 9.90. The van der Waals surface area contributed by atoms with E-state index < -0.39 is 6.10 Å². The Balaban J connectivity index is 2.06. The molecule has 0 saturated carbocycles. The van der Waals surface area contributed by atoms with Crippen molar-refractivity contribution in [1.29, 1.82) is 0 Å². The Morgan fingerprint density at radius 3 is 2.58 bits per heavy atom. The van der Waals surface area contributed by atoms with E-state index in [-0.39, 0.29) is 18.3 Å². The molecule has 0 bridgehead atoms. The molecule has 1 aliphatic rings. The summed E-state index contributed by atoms with van der Waals surface area (Å²) >= 11 is 0. The molecule has 1 aliphatic heterocycles. The zero-order valence-electron chi connectivity index (χ0n) is 14.5. The van der Waals surface area contributed by atoms with Crippen molar-refractivity contribution in [1.82, 2.24) is 0 Å². The molecule has 0 spiro atoms. The Morgan fingerprint density at radius 2 is 1.92 bits per heavy atom. The third-order valence-electron chi connectivity index (χ3n) is 4.43. The topological polar surface area (TPSA) is 85.2 Å². The standard InChI is InChI=1S/C20H20O6/c1-24-17-10-13(5-6-16(17)23)19-15(11-22)14-8-12(4-3-7-21)9-18(25-2)20(14)26-19/h3-10,15,19,22-23H,11H2,1-2H3/b4-3+/t15?,19-/m1/s1. The Hall–Kier alpha value is -2.99. The van der Waals surface area contributed by atoms with Crippen LogP contribution in [-0.4, -0.2) is 37.3 Å². The maximum Gasteiger partial charge on any atom is 0.165 e. The minimum atomic E-state index is -0.455. The summed E-state index contributed by atoms with van der Waals surface area (Å²) < 4.78 is 16.7. The Bertz CT molecular complexity index is 842. The number of methoxy groups -OCH3 is 2. The molecule has 0 amide bonds. The van der Waals surface area contributed by atoms with E-state index in [4.69, 9.17) is 14.2 Å². The number of benzene rings is 2. The molecule has 2 N–H and O–H groups in total. The van der Waals surface area contributed by atoms with Gasteiger partial charge in [-0.25, -0.2) is 0 Å². The number of hydrogen-bond donors (Lipinski definition) is 2. The number of phenols is 1. The van der Waals surface area contributed by atoms with Gasteiger partial charge in [0.25, 0.3) is 0 Å². The van der Waals surface area contributed by atoms with E-state index in [9.17, 15) is 15.0 Å². The second kappa shape index (κ2) is 7.49. The molecule has 2 aromatic rings. The third-order valence-corrected chi connectivity index (χ3v) is 4.43. The number of rotatable bonds is 6. The average molecular weight is 356 g/mol. The van der Waals surface area contributed by atoms with Gasteiger partial charge in [0.2, 0.25) is 0 Å². The number of phenolic OH excluding ortho intramolecular Hbond substituents is 1. The second-order valence-electron chi connectivity index (χ2n) is 5.90. The summed E-state index contributed by atoms with van der Waals surface area (Å²) in [5.41, 5.74) is 2.34. The fourth-order valence-corrected chi connectivity index (χ4v) is 3.18. The van der Waals surface area contributed by atoms with Crippen molar-refractivity contribution in [2.45, 2.75) is 12.0 Å². The van der Waals surface area contributed by atoms with Crippen molar-refractivity contribution >= 4 is 12.4 Å². The number of ether oxygens (including phenoxy) is 3. The molecule has 0 radical (unpaired) electrons. The van der Waals surface area contributed by atoms with Crippen molar-refractivity contribution in [3.63, 3.8) is 0 Å². The van der Waals surface area contributed by atoms with Crippen LogP contribution in [0.5, 0.6) is 23.0 Å². The number of aliphatic hydroxyl groups is 1. The molecule has 2 aromatic carbocycles. The first-order valence-electron chi connectivity index (χ1n) is 8.11. The highest BCUT2D eigenvalue weighted by molar-refractivity contribution is 5.75. The van der Waals surface area contributed by atoms with Crippen LogP contribution in [0.2, 0.25) is 0 Å². The number of carbonyl (C=O) groups excluding carboxylic acids is 1. The summed E-state index contributed by atoms with van der Waals surface area (Å²) in [6.45, 7) is -0.134. The Labute approximate surface area is 151 Å². The first kappa shape index (κ1) is 17.8. The van der Waals surface area contributed by atoms with Gasteiger partial charge < -0.3 is 24.4 Å². The summed E-state index contributed by atoms with van der Waals surface area (Å²) in [5, 5.41) is 19.8. The lowest BCUT2D eigenvalue weighted by Gasteiger charge is -2.18. The van der Waals surface area contributed by atoms with Crippen molar-refractivity contribution in [3.8, 4) is 23.0 Å². The molecule has 136 valence electrons. The smallest absolute Gasteiger partial charge is 0.165 e. The van der Waals surface area contributed by atoms with E-state index in [1.54, 1.807) is 24.3 Å². The molecule has 1 heterocycles. The summed E-state index contributed by atoms with van der Waals surface area (Å²) in [7, 11) is 3.01. The maximum absolute atomic E-state index is 10.6. The van der Waals surface area contributed by atoms with Crippen LogP contribution in [0.25, 0.3) is 6.08 Å². The number of fused-ring (bicyclic) bond motifs is 1. The minimum absolute atomic E-state index is 0.0335. The molecule has 2 atom stereocenters. The third kappa shape index (κ3) is 3.11. The number of allylic oxidation sites excluding steroid dienone is 1. The number of aldehydes is 1. The van der Waals surface area contributed by atoms with Gasteiger partial charge in [-0.15, -0.1) is 0 Å². The molecule has 0 aliphatic carbocycles. The molecule has 3 rings (SSSR count). The van der Waals surface area contributed by atoms with Gasteiger partial charge >= 0.3 is 0 Å². The minimum Gasteiger partial charge on any atom is -0.504 e. The van der Waals surface area contributed by atoms with Crippen LogP contribution in [0, 0.1) is 0 Å². The van der Waals surface area contributed by atoms with Crippen LogP contribution < -0.4 is 14.2 Å². The molecule has 26 heavy (non-hydrogen) atoms. The van der Waals surface area contributed by atoms with E-state index in [1.165, 1.54) is 26.4 Å². The SMILES string of the molecule is COc1cc([C@H]2Oc3c(OC)cc(/C=C/C=O)cc3C2CO)ccc1O. The number of hydrogen-bond acceptors (Lipinski definition) is 6. The second-order valence-corrected chi connectivity index (χ2v) is 5.90. The molecular weight excluding hydrogens is 336 g/mol. The summed E-state index contributed by atoms with van der Waals surface area (Å²) in [6.07, 6.45) is 3.31. The molecule has 0 aromatic heterocycles. The van der Waals surface area contributed by atoms with Gasteiger partial charge in [-0.3, -0.25) is 4.79 Å². The lowest BCUT2D eigenvalue weighted by molar-refractivity contribution is -0.104. The highest BCUT2D eigenvalue weighted by Gasteiger charge is 2.37. The van der Waals surface area contributed by atoms with E-state index in [0.717, 1.165) is 16.7 Å². The van der Waals surface area contributed by atoms with Crippen molar-refractivity contribution < 1.29 is 29.2 Å². The van der Waals surface area contributed by atoms with Crippen LogP contribution in [0.15, 0.2) is 36.4 Å². The highest BCUT2D eigenvalue weighted by atomic mass is 16.5. The summed E-state index contributed by atoms with van der Waals surface area (Å²) in [5.74, 6) is 1.14. The van der Waals surface area contributed by atoms with Gasteiger partial charge in [0.05, 0.1) is 26.7 Å². The van der Waals surface area contributed by atoms with Crippen molar-refractivity contribution in [2.24, 2.45) is 0 Å². The van der Waals surface area contributed by atoms with Crippen LogP contribution in [0.1, 0.15) is 28.7 Å². The van der Waals surface area contributed by atoms with E-state index in [2.05, 4.69) is 0 Å². The predicted octanol–water partition coefficient (Wildman–Crippen LogP) is 2.83. The van der Waals surface area contributed by atoms with E-state index in [0.29, 0.717) is 23.5 Å². The van der Waals surface area contributed by atoms with E-state index in [1.807, 2.05) is 6.07 Å². The van der Waals surface area contributed by atoms with Crippen LogP contribution >= 0.6 is 0 Å². The van der Waals surface area contributed by atoms with Crippen molar-refractivity contribution in [2.75, 3.05) is 20.8 Å². The number of aromatic hydroxyl groups is 1. The zero-order valence-corrected chi connectivity index (χ0v) is 14.5. The van der Waals surface area contributed by atoms with Gasteiger partial charge in [-0.1, -0.05) is 12.1 Å². The normalized spacial score (nSPS) is 18.4. The number of aliphatic hydroxyl groups excluding tert-OH is 1. The monoisotopic (exact) mass is 356 g/mol. The van der Waals surface area contributed by atoms with Crippen LogP contribution in [0.4, 0.5) is 0 Å². The Kier molecular flexibility index (Phi) is 5.14. The predicted molar refractivity (Wildman–Crippen MR) is 95.9 cm³/mol. The lowest BCUT2D eigenvalue weighted by Crippen LogP contribution is -2.13. The average Bonchev–Trinajstić information content (AvgIpc) is 3.04. The fourth-order valence-electron chi connectivity index (χ4n) is 3.18. The molecule has 6 heteroatoms. The van der Waals surface area contributed by atoms with Crippen LogP contribution in [0.3, 0.4) is 0 Å². The van der Waals surface area contributed by atoms with Gasteiger partial charge in [0, 0.05) is 5.56 Å². The maximum atomic E-state index is 10.6. The van der Waals surface area contributed by atoms with Crippen molar-refractivity contribution in [3.05, 3.63) is 53.1 Å². The van der Waals surface area contributed by atoms with Gasteiger partial charge in [-0.2, -0.15) is 0 Å². The van der Waals surface area contributed by atoms with Gasteiger partial charge in [0.15, 0.2) is 23.0 Å². The molecule has 0 fully saturated rings. The molecular formula is C20H20O6. The largest absolute Gasteiger partial charge is 0.504 e. The number of carbonyl (C=O) groups is 1. The first-order chi connectivity index (χ1) is 12.6. The first-order valence-corrected chi connectivity index (χ1v) is 8.11. The fraction of sp³-hybridized carbons (Fsp3) is 0.250. The summed E-state index contributed by atoms with van der Waals surface area (Å²) in [6, 6.07) is 8.60. The highest BCUT2D eigenvalue weighted by Crippen LogP contribution is 2.51. The zero-order chi connectivity index (χ0) is 18.7. The molecule has 1 unspecified atom stereocenters. The quantitative estimate of drug-likeness (QED) is 0.612.